The molecule has 0 aromatic heterocycles. The molecular formula is C13H18N2O2S. The van der Waals surface area contributed by atoms with Crippen molar-refractivity contribution < 1.29 is 8.42 Å². The fourth-order valence-corrected chi connectivity index (χ4v) is 4.37. The lowest BCUT2D eigenvalue weighted by Crippen LogP contribution is -2.43. The zero-order chi connectivity index (χ0) is 12.8. The molecule has 0 radical (unpaired) electrons. The van der Waals surface area contributed by atoms with E-state index in [9.17, 15) is 8.42 Å². The van der Waals surface area contributed by atoms with Crippen LogP contribution in [0.1, 0.15) is 12.0 Å². The summed E-state index contributed by atoms with van der Waals surface area (Å²) in [6, 6.07) is 7.15. The van der Waals surface area contributed by atoms with Crippen LogP contribution in [-0.2, 0) is 10.0 Å². The molecule has 1 aromatic carbocycles. The van der Waals surface area contributed by atoms with Gasteiger partial charge < -0.3 is 4.90 Å². The van der Waals surface area contributed by atoms with E-state index in [2.05, 4.69) is 9.62 Å². The Morgan fingerprint density at radius 3 is 2.78 bits per heavy atom. The second-order valence-electron chi connectivity index (χ2n) is 5.35. The maximum Gasteiger partial charge on any atom is 0.240 e. The first-order chi connectivity index (χ1) is 8.54. The second kappa shape index (κ2) is 4.33. The highest BCUT2D eigenvalue weighted by atomic mass is 32.2. The van der Waals surface area contributed by atoms with Crippen LogP contribution in [0.3, 0.4) is 0 Å². The van der Waals surface area contributed by atoms with Gasteiger partial charge in [-0.15, -0.1) is 0 Å². The van der Waals surface area contributed by atoms with Gasteiger partial charge in [0.25, 0.3) is 0 Å². The largest absolute Gasteiger partial charge is 0.301 e. The minimum Gasteiger partial charge on any atom is -0.301 e. The van der Waals surface area contributed by atoms with Crippen molar-refractivity contribution in [1.82, 2.24) is 9.62 Å². The third kappa shape index (κ3) is 2.18. The first-order valence-electron chi connectivity index (χ1n) is 6.36. The summed E-state index contributed by atoms with van der Waals surface area (Å²) < 4.78 is 27.4. The standard InChI is InChI=1S/C13H18N2O2S/c1-10-3-2-4-12(7-10)18(16,17)14-13-9-15-6-5-11(13)8-15/h2-4,7,11,13-14H,5-6,8-9H2,1H3. The van der Waals surface area contributed by atoms with Gasteiger partial charge in [-0.3, -0.25) is 0 Å². The van der Waals surface area contributed by atoms with Crippen molar-refractivity contribution >= 4 is 10.0 Å². The first-order valence-corrected chi connectivity index (χ1v) is 7.84. The molecule has 5 heteroatoms. The van der Waals surface area contributed by atoms with Crippen LogP contribution in [0.4, 0.5) is 0 Å². The zero-order valence-electron chi connectivity index (χ0n) is 10.5. The van der Waals surface area contributed by atoms with Crippen LogP contribution in [-0.4, -0.2) is 39.0 Å². The van der Waals surface area contributed by atoms with E-state index in [1.807, 2.05) is 13.0 Å². The number of benzene rings is 1. The molecule has 2 bridgehead atoms. The van der Waals surface area contributed by atoms with Crippen LogP contribution in [0.5, 0.6) is 0 Å². The summed E-state index contributed by atoms with van der Waals surface area (Å²) >= 11 is 0. The van der Waals surface area contributed by atoms with Gasteiger partial charge in [0, 0.05) is 19.1 Å². The lowest BCUT2D eigenvalue weighted by atomic mass is 10.0. The van der Waals surface area contributed by atoms with E-state index >= 15 is 0 Å². The third-order valence-corrected chi connectivity index (χ3v) is 5.43. The summed E-state index contributed by atoms with van der Waals surface area (Å²) in [6.07, 6.45) is 1.11. The lowest BCUT2D eigenvalue weighted by molar-refractivity contribution is 0.335. The molecular weight excluding hydrogens is 248 g/mol. The van der Waals surface area contributed by atoms with Crippen molar-refractivity contribution in [2.75, 3.05) is 19.6 Å². The fourth-order valence-electron chi connectivity index (χ4n) is 2.97. The summed E-state index contributed by atoms with van der Waals surface area (Å²) in [5, 5.41) is 0. The van der Waals surface area contributed by atoms with Crippen LogP contribution < -0.4 is 4.72 Å². The molecule has 2 fully saturated rings. The number of fused-ring (bicyclic) bond motifs is 2. The number of aryl methyl sites for hydroxylation is 1. The van der Waals surface area contributed by atoms with Crippen molar-refractivity contribution in [3.8, 4) is 0 Å². The quantitative estimate of drug-likeness (QED) is 0.887. The van der Waals surface area contributed by atoms with Gasteiger partial charge in [-0.1, -0.05) is 12.1 Å². The Morgan fingerprint density at radius 2 is 2.17 bits per heavy atom. The molecule has 98 valence electrons. The Bertz CT molecular complexity index is 556. The highest BCUT2D eigenvalue weighted by Gasteiger charge is 2.39. The number of piperidine rings is 1. The summed E-state index contributed by atoms with van der Waals surface area (Å²) in [5.74, 6) is 0.490. The van der Waals surface area contributed by atoms with E-state index in [-0.39, 0.29) is 6.04 Å². The van der Waals surface area contributed by atoms with Crippen molar-refractivity contribution in [3.63, 3.8) is 0 Å². The lowest BCUT2D eigenvalue weighted by Gasteiger charge is -2.23. The molecule has 0 saturated carbocycles. The van der Waals surface area contributed by atoms with E-state index in [0.29, 0.717) is 10.8 Å². The van der Waals surface area contributed by atoms with E-state index < -0.39 is 10.0 Å². The molecule has 0 aliphatic carbocycles. The van der Waals surface area contributed by atoms with Gasteiger partial charge >= 0.3 is 0 Å². The minimum atomic E-state index is -3.37. The van der Waals surface area contributed by atoms with Crippen molar-refractivity contribution in [2.24, 2.45) is 5.92 Å². The average Bonchev–Trinajstić information content (AvgIpc) is 2.90. The van der Waals surface area contributed by atoms with Crippen molar-refractivity contribution in [3.05, 3.63) is 29.8 Å². The number of rotatable bonds is 3. The molecule has 0 amide bonds. The molecule has 2 heterocycles. The van der Waals surface area contributed by atoms with E-state index in [1.165, 1.54) is 0 Å². The third-order valence-electron chi connectivity index (χ3n) is 3.94. The van der Waals surface area contributed by atoms with Gasteiger partial charge in [-0.25, -0.2) is 13.1 Å². The molecule has 2 aliphatic rings. The molecule has 0 spiro atoms. The molecule has 3 unspecified atom stereocenters. The Kier molecular flexibility index (Phi) is 2.92. The van der Waals surface area contributed by atoms with Crippen LogP contribution in [0.15, 0.2) is 29.2 Å². The van der Waals surface area contributed by atoms with Gasteiger partial charge in [-0.05, 0) is 43.5 Å². The SMILES string of the molecule is Cc1cccc(S(=O)(=O)NC2CN3CCC2C3)c1. The van der Waals surface area contributed by atoms with Gasteiger partial charge in [0.1, 0.15) is 0 Å². The number of sulfonamides is 1. The monoisotopic (exact) mass is 266 g/mol. The Morgan fingerprint density at radius 1 is 1.33 bits per heavy atom. The molecule has 18 heavy (non-hydrogen) atoms. The van der Waals surface area contributed by atoms with Crippen LogP contribution in [0, 0.1) is 12.8 Å². The maximum atomic E-state index is 12.3. The molecule has 2 saturated heterocycles. The Hall–Kier alpha value is -0.910. The van der Waals surface area contributed by atoms with Gasteiger partial charge in [0.05, 0.1) is 4.90 Å². The molecule has 3 rings (SSSR count). The minimum absolute atomic E-state index is 0.0873. The average molecular weight is 266 g/mol. The number of nitrogens with one attached hydrogen (secondary N) is 1. The van der Waals surface area contributed by atoms with E-state index in [1.54, 1.807) is 18.2 Å². The number of nitrogens with zero attached hydrogens (tertiary/aromatic N) is 1. The summed E-state index contributed by atoms with van der Waals surface area (Å²) in [6.45, 7) is 4.92. The maximum absolute atomic E-state index is 12.3. The highest BCUT2D eigenvalue weighted by molar-refractivity contribution is 7.89. The van der Waals surface area contributed by atoms with Crippen LogP contribution >= 0.6 is 0 Å². The normalized spacial score (nSPS) is 30.8. The molecule has 3 atom stereocenters. The van der Waals surface area contributed by atoms with Gasteiger partial charge in [-0.2, -0.15) is 0 Å². The van der Waals surface area contributed by atoms with E-state index in [0.717, 1.165) is 31.6 Å². The highest BCUT2D eigenvalue weighted by Crippen LogP contribution is 2.28. The Labute approximate surface area is 108 Å². The molecule has 2 aliphatic heterocycles. The Balaban J connectivity index is 1.79. The second-order valence-corrected chi connectivity index (χ2v) is 7.07. The summed E-state index contributed by atoms with van der Waals surface area (Å²) in [4.78, 5) is 2.70. The fraction of sp³-hybridized carbons (Fsp3) is 0.538. The zero-order valence-corrected chi connectivity index (χ0v) is 11.3. The number of hydrogen-bond acceptors (Lipinski definition) is 3. The molecule has 1 aromatic rings. The topological polar surface area (TPSA) is 49.4 Å². The van der Waals surface area contributed by atoms with E-state index in [4.69, 9.17) is 0 Å². The van der Waals surface area contributed by atoms with Crippen LogP contribution in [0.25, 0.3) is 0 Å². The number of hydrogen-bond donors (Lipinski definition) is 1. The first kappa shape index (κ1) is 12.1. The summed E-state index contributed by atoms with van der Waals surface area (Å²) in [5.41, 5.74) is 0.967. The molecule has 4 nitrogen and oxygen atoms in total. The van der Waals surface area contributed by atoms with Crippen molar-refractivity contribution in [2.45, 2.75) is 24.3 Å². The smallest absolute Gasteiger partial charge is 0.240 e. The summed E-state index contributed by atoms with van der Waals surface area (Å²) in [7, 11) is -3.37. The molecule has 1 N–H and O–H groups in total. The predicted molar refractivity (Wildman–Crippen MR) is 69.8 cm³/mol. The van der Waals surface area contributed by atoms with Gasteiger partial charge in [0.2, 0.25) is 10.0 Å². The predicted octanol–water partition coefficient (Wildman–Crippen LogP) is 0.977. The van der Waals surface area contributed by atoms with Crippen LogP contribution in [0.2, 0.25) is 0 Å². The van der Waals surface area contributed by atoms with Gasteiger partial charge in [0.15, 0.2) is 0 Å². The van der Waals surface area contributed by atoms with Crippen molar-refractivity contribution in [1.29, 1.82) is 0 Å².